The number of rotatable bonds is 9. The zero-order valence-electron chi connectivity index (χ0n) is 14.5. The highest BCUT2D eigenvalue weighted by Gasteiger charge is 2.18. The average molecular weight is 377 g/mol. The van der Waals surface area contributed by atoms with Gasteiger partial charge in [0.1, 0.15) is 17.3 Å². The van der Waals surface area contributed by atoms with Gasteiger partial charge in [0.2, 0.25) is 5.91 Å². The van der Waals surface area contributed by atoms with Gasteiger partial charge in [-0.15, -0.1) is 16.8 Å². The van der Waals surface area contributed by atoms with E-state index in [0.29, 0.717) is 24.1 Å². The molecule has 0 radical (unpaired) electrons. The molecule has 1 amide bonds. The lowest BCUT2D eigenvalue weighted by atomic mass is 10.2. The molecule has 138 valence electrons. The predicted octanol–water partition coefficient (Wildman–Crippen LogP) is 2.81. The number of carbonyl (C=O) groups is 1. The number of nitro benzene ring substituents is 1. The van der Waals surface area contributed by atoms with Gasteiger partial charge >= 0.3 is 0 Å². The summed E-state index contributed by atoms with van der Waals surface area (Å²) in [6.07, 6.45) is 1.71. The number of nitro groups is 1. The molecule has 0 unspecified atom stereocenters. The molecule has 1 aromatic carbocycles. The Morgan fingerprint density at radius 2 is 2.27 bits per heavy atom. The zero-order chi connectivity index (χ0) is 19.1. The first-order valence-corrected chi connectivity index (χ1v) is 8.79. The van der Waals surface area contributed by atoms with E-state index in [2.05, 4.69) is 22.1 Å². The van der Waals surface area contributed by atoms with Crippen molar-refractivity contribution in [2.75, 3.05) is 17.7 Å². The number of nitrogens with zero attached hydrogens (tertiary/aromatic N) is 4. The smallest absolute Gasteiger partial charge is 0.296 e. The van der Waals surface area contributed by atoms with Crippen molar-refractivity contribution in [1.82, 2.24) is 14.8 Å². The highest BCUT2D eigenvalue weighted by molar-refractivity contribution is 7.99. The second-order valence-corrected chi connectivity index (χ2v) is 6.08. The Labute approximate surface area is 154 Å². The van der Waals surface area contributed by atoms with Crippen molar-refractivity contribution in [3.8, 4) is 5.75 Å². The third-order valence-corrected chi connectivity index (χ3v) is 4.26. The number of aromatic nitrogens is 3. The van der Waals surface area contributed by atoms with Gasteiger partial charge in [-0.25, -0.2) is 0 Å². The highest BCUT2D eigenvalue weighted by Crippen LogP contribution is 2.29. The lowest BCUT2D eigenvalue weighted by Gasteiger charge is -2.08. The topological polar surface area (TPSA) is 112 Å². The fourth-order valence-electron chi connectivity index (χ4n) is 2.15. The Kier molecular flexibility index (Phi) is 6.73. The first-order valence-electron chi connectivity index (χ1n) is 7.80. The SMILES string of the molecule is C=CCn1c(C)nnc1SCC(=O)Nc1ccc(OCC)cc1[N+](=O)[O-]. The van der Waals surface area contributed by atoms with Gasteiger partial charge in [0, 0.05) is 6.54 Å². The summed E-state index contributed by atoms with van der Waals surface area (Å²) in [4.78, 5) is 22.8. The number of benzene rings is 1. The Morgan fingerprint density at radius 3 is 2.92 bits per heavy atom. The Bertz CT molecular complexity index is 821. The van der Waals surface area contributed by atoms with Crippen LogP contribution in [0.4, 0.5) is 11.4 Å². The lowest BCUT2D eigenvalue weighted by molar-refractivity contribution is -0.384. The van der Waals surface area contributed by atoms with Crippen LogP contribution in [0.1, 0.15) is 12.7 Å². The molecule has 0 aliphatic carbocycles. The molecule has 0 saturated carbocycles. The molecule has 9 nitrogen and oxygen atoms in total. The van der Waals surface area contributed by atoms with E-state index in [0.717, 1.165) is 5.82 Å². The van der Waals surface area contributed by atoms with E-state index < -0.39 is 4.92 Å². The molecule has 1 aromatic heterocycles. The number of hydrogen-bond donors (Lipinski definition) is 1. The first kappa shape index (κ1) is 19.4. The van der Waals surface area contributed by atoms with Gasteiger partial charge in [-0.2, -0.15) is 0 Å². The fourth-order valence-corrected chi connectivity index (χ4v) is 2.94. The summed E-state index contributed by atoms with van der Waals surface area (Å²) in [6.45, 7) is 8.20. The molecular weight excluding hydrogens is 358 g/mol. The van der Waals surface area contributed by atoms with Crippen molar-refractivity contribution in [2.24, 2.45) is 0 Å². The molecule has 2 rings (SSSR count). The second-order valence-electron chi connectivity index (χ2n) is 5.13. The summed E-state index contributed by atoms with van der Waals surface area (Å²) in [5, 5.41) is 22.3. The summed E-state index contributed by atoms with van der Waals surface area (Å²) in [5.74, 6) is 0.752. The van der Waals surface area contributed by atoms with E-state index in [9.17, 15) is 14.9 Å². The maximum absolute atomic E-state index is 12.2. The molecule has 1 heterocycles. The summed E-state index contributed by atoms with van der Waals surface area (Å²) >= 11 is 1.20. The molecule has 26 heavy (non-hydrogen) atoms. The molecule has 2 aromatic rings. The van der Waals surface area contributed by atoms with Gasteiger partial charge in [-0.05, 0) is 26.0 Å². The van der Waals surface area contributed by atoms with Crippen molar-refractivity contribution >= 4 is 29.0 Å². The van der Waals surface area contributed by atoms with Crippen molar-refractivity contribution in [1.29, 1.82) is 0 Å². The van der Waals surface area contributed by atoms with Gasteiger partial charge in [0.05, 0.1) is 23.3 Å². The van der Waals surface area contributed by atoms with Crippen LogP contribution < -0.4 is 10.1 Å². The van der Waals surface area contributed by atoms with E-state index >= 15 is 0 Å². The van der Waals surface area contributed by atoms with Crippen molar-refractivity contribution in [2.45, 2.75) is 25.5 Å². The fraction of sp³-hybridized carbons (Fsp3) is 0.312. The van der Waals surface area contributed by atoms with E-state index in [1.54, 1.807) is 19.1 Å². The number of amides is 1. The van der Waals surface area contributed by atoms with Crippen LogP contribution in [0.15, 0.2) is 36.0 Å². The van der Waals surface area contributed by atoms with Crippen LogP contribution in [-0.4, -0.2) is 38.0 Å². The van der Waals surface area contributed by atoms with Crippen molar-refractivity contribution in [3.05, 3.63) is 46.8 Å². The monoisotopic (exact) mass is 377 g/mol. The molecule has 0 aliphatic heterocycles. The zero-order valence-corrected chi connectivity index (χ0v) is 15.3. The highest BCUT2D eigenvalue weighted by atomic mass is 32.2. The minimum absolute atomic E-state index is 0.0413. The Balaban J connectivity index is 2.06. The molecule has 0 spiro atoms. The normalized spacial score (nSPS) is 10.4. The average Bonchev–Trinajstić information content (AvgIpc) is 2.95. The number of anilines is 1. The molecule has 10 heteroatoms. The lowest BCUT2D eigenvalue weighted by Crippen LogP contribution is -2.15. The van der Waals surface area contributed by atoms with E-state index in [1.807, 2.05) is 11.5 Å². The Morgan fingerprint density at radius 1 is 1.50 bits per heavy atom. The minimum atomic E-state index is -0.560. The summed E-state index contributed by atoms with van der Waals surface area (Å²) in [6, 6.07) is 4.32. The van der Waals surface area contributed by atoms with Crippen LogP contribution in [0, 0.1) is 17.0 Å². The molecule has 0 atom stereocenters. The maximum Gasteiger partial charge on any atom is 0.296 e. The number of carbonyl (C=O) groups excluding carboxylic acids is 1. The van der Waals surface area contributed by atoms with Crippen LogP contribution >= 0.6 is 11.8 Å². The standard InChI is InChI=1S/C16H19N5O4S/c1-4-8-20-11(3)18-19-16(20)26-10-15(22)17-13-7-6-12(25-5-2)9-14(13)21(23)24/h4,6-7,9H,1,5,8,10H2,2-3H3,(H,17,22). The van der Waals surface area contributed by atoms with Crippen LogP contribution in [0.25, 0.3) is 0 Å². The molecule has 0 bridgehead atoms. The molecule has 0 saturated heterocycles. The summed E-state index contributed by atoms with van der Waals surface area (Å²) in [5.41, 5.74) is -0.104. The quantitative estimate of drug-likeness (QED) is 0.309. The number of nitrogens with one attached hydrogen (secondary N) is 1. The molecule has 1 N–H and O–H groups in total. The van der Waals surface area contributed by atoms with Crippen molar-refractivity contribution < 1.29 is 14.5 Å². The van der Waals surface area contributed by atoms with Crippen molar-refractivity contribution in [3.63, 3.8) is 0 Å². The van der Waals surface area contributed by atoms with Crippen LogP contribution in [0.3, 0.4) is 0 Å². The summed E-state index contributed by atoms with van der Waals surface area (Å²) in [7, 11) is 0. The number of ether oxygens (including phenoxy) is 1. The van der Waals surface area contributed by atoms with Crippen LogP contribution in [-0.2, 0) is 11.3 Å². The van der Waals surface area contributed by atoms with Gasteiger partial charge in [-0.3, -0.25) is 14.9 Å². The van der Waals surface area contributed by atoms with E-state index in [1.165, 1.54) is 23.9 Å². The second kappa shape index (κ2) is 8.99. The summed E-state index contributed by atoms with van der Waals surface area (Å²) < 4.78 is 7.08. The first-order chi connectivity index (χ1) is 12.5. The third-order valence-electron chi connectivity index (χ3n) is 3.30. The van der Waals surface area contributed by atoms with Gasteiger partial charge in [-0.1, -0.05) is 17.8 Å². The van der Waals surface area contributed by atoms with Crippen LogP contribution in [0.2, 0.25) is 0 Å². The molecular formula is C16H19N5O4S. The van der Waals surface area contributed by atoms with Gasteiger partial charge in [0.25, 0.3) is 5.69 Å². The third kappa shape index (κ3) is 4.82. The molecule has 0 aliphatic rings. The number of hydrogen-bond acceptors (Lipinski definition) is 7. The van der Waals surface area contributed by atoms with E-state index in [-0.39, 0.29) is 23.0 Å². The number of aryl methyl sites for hydroxylation is 1. The minimum Gasteiger partial charge on any atom is -0.494 e. The number of thioether (sulfide) groups is 1. The maximum atomic E-state index is 12.2. The van der Waals surface area contributed by atoms with Crippen LogP contribution in [0.5, 0.6) is 5.75 Å². The number of allylic oxidation sites excluding steroid dienone is 1. The van der Waals surface area contributed by atoms with Gasteiger partial charge < -0.3 is 14.6 Å². The molecule has 0 fully saturated rings. The Hall–Kier alpha value is -2.88. The van der Waals surface area contributed by atoms with E-state index in [4.69, 9.17) is 4.74 Å². The van der Waals surface area contributed by atoms with Gasteiger partial charge in [0.15, 0.2) is 5.16 Å². The predicted molar refractivity (Wildman–Crippen MR) is 98.6 cm³/mol. The largest absolute Gasteiger partial charge is 0.494 e.